The highest BCUT2D eigenvalue weighted by Gasteiger charge is 2.24. The van der Waals surface area contributed by atoms with Gasteiger partial charge < -0.3 is 10.8 Å². The van der Waals surface area contributed by atoms with E-state index in [1.54, 1.807) is 4.68 Å². The molecule has 0 saturated carbocycles. The minimum Gasteiger partial charge on any atom is -0.394 e. The van der Waals surface area contributed by atoms with Crippen LogP contribution in [0.5, 0.6) is 0 Å². The quantitative estimate of drug-likeness (QED) is 0.798. The third kappa shape index (κ3) is 2.72. The Morgan fingerprint density at radius 1 is 1.53 bits per heavy atom. The molecule has 1 atom stereocenters. The van der Waals surface area contributed by atoms with Gasteiger partial charge in [0.2, 0.25) is 0 Å². The third-order valence-corrected chi connectivity index (χ3v) is 2.88. The lowest BCUT2D eigenvalue weighted by atomic mass is 9.80. The number of rotatable bonds is 3. The van der Waals surface area contributed by atoms with E-state index >= 15 is 0 Å². The van der Waals surface area contributed by atoms with Gasteiger partial charge in [-0.3, -0.25) is 0 Å². The third-order valence-electron chi connectivity index (χ3n) is 2.88. The summed E-state index contributed by atoms with van der Waals surface area (Å²) in [5.41, 5.74) is 6.96. The van der Waals surface area contributed by atoms with Crippen LogP contribution in [0, 0.1) is 5.41 Å². The second kappa shape index (κ2) is 4.23. The molecule has 0 amide bonds. The van der Waals surface area contributed by atoms with Gasteiger partial charge in [0.25, 0.3) is 0 Å². The Morgan fingerprint density at radius 3 is 2.60 bits per heavy atom. The lowest BCUT2D eigenvalue weighted by Crippen LogP contribution is -2.16. The van der Waals surface area contributed by atoms with Crippen molar-refractivity contribution in [1.82, 2.24) is 9.78 Å². The first kappa shape index (κ1) is 12.0. The van der Waals surface area contributed by atoms with Gasteiger partial charge in [-0.25, -0.2) is 4.68 Å². The topological polar surface area (TPSA) is 64.1 Å². The molecule has 0 saturated heterocycles. The van der Waals surface area contributed by atoms with Crippen molar-refractivity contribution in [2.24, 2.45) is 5.41 Å². The Labute approximate surface area is 91.1 Å². The van der Waals surface area contributed by atoms with Crippen molar-refractivity contribution in [2.75, 3.05) is 12.3 Å². The van der Waals surface area contributed by atoms with Crippen LogP contribution in [-0.2, 0) is 6.54 Å². The van der Waals surface area contributed by atoms with Crippen molar-refractivity contribution in [3.05, 3.63) is 11.8 Å². The summed E-state index contributed by atoms with van der Waals surface area (Å²) in [4.78, 5) is 0. The van der Waals surface area contributed by atoms with Crippen molar-refractivity contribution >= 4 is 5.82 Å². The maximum atomic E-state index is 8.84. The molecule has 0 aliphatic rings. The standard InChI is InChI=1S/C11H21N3O/c1-8(11(2,3)4)9-7-10(12)14(13-9)5-6-15/h7-8,15H,5-6,12H2,1-4H3. The predicted octanol–water partition coefficient (Wildman–Crippen LogP) is 1.61. The summed E-state index contributed by atoms with van der Waals surface area (Å²) >= 11 is 0. The average Bonchev–Trinajstić information content (AvgIpc) is 2.46. The SMILES string of the molecule is CC(c1cc(N)n(CCO)n1)C(C)(C)C. The fraction of sp³-hybridized carbons (Fsp3) is 0.727. The molecule has 0 bridgehead atoms. The molecule has 1 rings (SSSR count). The normalized spacial score (nSPS) is 14.2. The molecule has 4 nitrogen and oxygen atoms in total. The van der Waals surface area contributed by atoms with E-state index < -0.39 is 0 Å². The minimum absolute atomic E-state index is 0.0647. The van der Waals surface area contributed by atoms with E-state index in [4.69, 9.17) is 10.8 Å². The summed E-state index contributed by atoms with van der Waals surface area (Å²) < 4.78 is 1.65. The van der Waals surface area contributed by atoms with Crippen LogP contribution in [-0.4, -0.2) is 21.5 Å². The predicted molar refractivity (Wildman–Crippen MR) is 61.6 cm³/mol. The van der Waals surface area contributed by atoms with Crippen molar-refractivity contribution in [3.8, 4) is 0 Å². The molecule has 0 spiro atoms. The summed E-state index contributed by atoms with van der Waals surface area (Å²) in [6.07, 6.45) is 0. The molecule has 0 aromatic carbocycles. The van der Waals surface area contributed by atoms with E-state index in [2.05, 4.69) is 32.8 Å². The summed E-state index contributed by atoms with van der Waals surface area (Å²) in [5, 5.41) is 13.2. The zero-order valence-corrected chi connectivity index (χ0v) is 9.99. The molecular weight excluding hydrogens is 190 g/mol. The van der Waals surface area contributed by atoms with Gasteiger partial charge in [0, 0.05) is 12.0 Å². The molecular formula is C11H21N3O. The molecule has 1 aromatic heterocycles. The molecule has 4 heteroatoms. The van der Waals surface area contributed by atoms with Gasteiger partial charge in [0.1, 0.15) is 5.82 Å². The van der Waals surface area contributed by atoms with Gasteiger partial charge >= 0.3 is 0 Å². The zero-order chi connectivity index (χ0) is 11.6. The van der Waals surface area contributed by atoms with E-state index in [1.165, 1.54) is 0 Å². The highest BCUT2D eigenvalue weighted by Crippen LogP contribution is 2.34. The van der Waals surface area contributed by atoms with Crippen molar-refractivity contribution < 1.29 is 5.11 Å². The Hall–Kier alpha value is -1.03. The summed E-state index contributed by atoms with van der Waals surface area (Å²) in [6, 6.07) is 1.89. The summed E-state index contributed by atoms with van der Waals surface area (Å²) in [5.74, 6) is 0.967. The van der Waals surface area contributed by atoms with Crippen molar-refractivity contribution in [1.29, 1.82) is 0 Å². The molecule has 1 unspecified atom stereocenters. The van der Waals surface area contributed by atoms with Crippen LogP contribution < -0.4 is 5.73 Å². The van der Waals surface area contributed by atoms with Gasteiger partial charge in [-0.05, 0) is 5.41 Å². The Balaban J connectivity index is 2.92. The molecule has 1 aromatic rings. The van der Waals surface area contributed by atoms with Crippen LogP contribution in [0.4, 0.5) is 5.82 Å². The lowest BCUT2D eigenvalue weighted by molar-refractivity contribution is 0.268. The Kier molecular flexibility index (Phi) is 3.39. The lowest BCUT2D eigenvalue weighted by Gasteiger charge is -2.25. The van der Waals surface area contributed by atoms with E-state index in [9.17, 15) is 0 Å². The van der Waals surface area contributed by atoms with Crippen LogP contribution in [0.25, 0.3) is 0 Å². The molecule has 86 valence electrons. The van der Waals surface area contributed by atoms with Gasteiger partial charge in [0.05, 0.1) is 18.8 Å². The van der Waals surface area contributed by atoms with Gasteiger partial charge in [-0.1, -0.05) is 27.7 Å². The molecule has 3 N–H and O–H groups in total. The fourth-order valence-corrected chi connectivity index (χ4v) is 1.38. The number of anilines is 1. The fourth-order valence-electron chi connectivity index (χ4n) is 1.38. The highest BCUT2D eigenvalue weighted by molar-refractivity contribution is 5.32. The number of nitrogens with zero attached hydrogens (tertiary/aromatic N) is 2. The molecule has 1 heterocycles. The number of hydrogen-bond acceptors (Lipinski definition) is 3. The average molecular weight is 211 g/mol. The summed E-state index contributed by atoms with van der Waals surface area (Å²) in [6.45, 7) is 9.21. The maximum absolute atomic E-state index is 8.84. The number of nitrogen functional groups attached to an aromatic ring is 1. The molecule has 0 aliphatic carbocycles. The van der Waals surface area contributed by atoms with Crippen LogP contribution in [0.1, 0.15) is 39.3 Å². The van der Waals surface area contributed by atoms with Crippen LogP contribution in [0.2, 0.25) is 0 Å². The van der Waals surface area contributed by atoms with E-state index in [0.29, 0.717) is 18.3 Å². The monoisotopic (exact) mass is 211 g/mol. The van der Waals surface area contributed by atoms with Gasteiger partial charge in [0.15, 0.2) is 0 Å². The van der Waals surface area contributed by atoms with E-state index in [1.807, 2.05) is 6.07 Å². The first-order chi connectivity index (χ1) is 6.86. The largest absolute Gasteiger partial charge is 0.394 e. The molecule has 0 aliphatic heterocycles. The molecule has 15 heavy (non-hydrogen) atoms. The molecule has 0 radical (unpaired) electrons. The van der Waals surface area contributed by atoms with Gasteiger partial charge in [-0.15, -0.1) is 0 Å². The number of aliphatic hydroxyl groups is 1. The Bertz CT molecular complexity index is 325. The maximum Gasteiger partial charge on any atom is 0.122 e. The smallest absolute Gasteiger partial charge is 0.122 e. The van der Waals surface area contributed by atoms with Crippen molar-refractivity contribution in [2.45, 2.75) is 40.2 Å². The first-order valence-corrected chi connectivity index (χ1v) is 5.30. The highest BCUT2D eigenvalue weighted by atomic mass is 16.3. The number of aromatic nitrogens is 2. The zero-order valence-electron chi connectivity index (χ0n) is 9.99. The number of nitrogens with two attached hydrogens (primary N) is 1. The number of aliphatic hydroxyl groups excluding tert-OH is 1. The van der Waals surface area contributed by atoms with E-state index in [0.717, 1.165) is 5.69 Å². The Morgan fingerprint density at radius 2 is 2.13 bits per heavy atom. The number of hydrogen-bond donors (Lipinski definition) is 2. The van der Waals surface area contributed by atoms with Crippen molar-refractivity contribution in [3.63, 3.8) is 0 Å². The van der Waals surface area contributed by atoms with Gasteiger partial charge in [-0.2, -0.15) is 5.10 Å². The van der Waals surface area contributed by atoms with Crippen LogP contribution in [0.3, 0.4) is 0 Å². The van der Waals surface area contributed by atoms with E-state index in [-0.39, 0.29) is 12.0 Å². The summed E-state index contributed by atoms with van der Waals surface area (Å²) in [7, 11) is 0. The second-order valence-electron chi connectivity index (χ2n) is 5.03. The van der Waals surface area contributed by atoms with Crippen LogP contribution in [0.15, 0.2) is 6.07 Å². The first-order valence-electron chi connectivity index (χ1n) is 5.30. The minimum atomic E-state index is 0.0647. The molecule has 0 fully saturated rings. The van der Waals surface area contributed by atoms with Crippen LogP contribution >= 0.6 is 0 Å². The second-order valence-corrected chi connectivity index (χ2v) is 5.03.